The van der Waals surface area contributed by atoms with Crippen LogP contribution in [-0.2, 0) is 23.8 Å². The van der Waals surface area contributed by atoms with Crippen LogP contribution in [0.2, 0.25) is 5.02 Å². The van der Waals surface area contributed by atoms with Gasteiger partial charge in [-0.05, 0) is 37.3 Å². The van der Waals surface area contributed by atoms with Gasteiger partial charge in [0.05, 0.1) is 16.3 Å². The van der Waals surface area contributed by atoms with Gasteiger partial charge in [-0.25, -0.2) is 15.0 Å². The first-order valence-electron chi connectivity index (χ1n) is 8.73. The van der Waals surface area contributed by atoms with Gasteiger partial charge in [0.25, 0.3) is 0 Å². The lowest BCUT2D eigenvalue weighted by Crippen LogP contribution is -2.16. The monoisotopic (exact) mass is 458 g/mol. The number of amides is 1. The quantitative estimate of drug-likeness (QED) is 0.420. The van der Waals surface area contributed by atoms with Crippen molar-refractivity contribution >= 4 is 56.6 Å². The number of hydrogen-bond acceptors (Lipinski definition) is 6. The van der Waals surface area contributed by atoms with Crippen LogP contribution in [0.15, 0.2) is 23.6 Å². The average molecular weight is 459 g/mol. The van der Waals surface area contributed by atoms with E-state index in [1.165, 1.54) is 35.0 Å². The molecule has 0 saturated heterocycles. The number of fused-ring (bicyclic) bond motifs is 3. The lowest BCUT2D eigenvalue weighted by molar-refractivity contribution is -0.137. The largest absolute Gasteiger partial charge is 0.417 e. The molecule has 5 nitrogen and oxygen atoms in total. The maximum absolute atomic E-state index is 12.7. The van der Waals surface area contributed by atoms with Crippen molar-refractivity contribution in [3.63, 3.8) is 0 Å². The molecule has 0 unspecified atom stereocenters. The van der Waals surface area contributed by atoms with Crippen molar-refractivity contribution in [2.45, 2.75) is 36.9 Å². The van der Waals surface area contributed by atoms with Crippen LogP contribution in [0.4, 0.5) is 19.0 Å². The number of aryl methyl sites for hydroxylation is 2. The lowest BCUT2D eigenvalue weighted by Gasteiger charge is -2.12. The number of rotatable bonds is 4. The maximum atomic E-state index is 12.7. The number of aromatic nitrogens is 3. The number of carbonyl (C=O) groups excluding carboxylic acids is 1. The van der Waals surface area contributed by atoms with Gasteiger partial charge in [0.15, 0.2) is 5.82 Å². The third-order valence-corrected chi connectivity index (χ3v) is 6.96. The number of halogens is 4. The van der Waals surface area contributed by atoms with Crippen LogP contribution in [0.3, 0.4) is 0 Å². The molecular formula is C18H14ClF3N4OS2. The second-order valence-corrected chi connectivity index (χ2v) is 8.91. The van der Waals surface area contributed by atoms with Gasteiger partial charge in [0.1, 0.15) is 16.2 Å². The number of nitrogens with one attached hydrogen (secondary N) is 1. The molecule has 3 aromatic heterocycles. The van der Waals surface area contributed by atoms with E-state index in [-0.39, 0.29) is 16.6 Å². The van der Waals surface area contributed by atoms with Crippen LogP contribution in [0, 0.1) is 0 Å². The van der Waals surface area contributed by atoms with Gasteiger partial charge in [-0.2, -0.15) is 13.2 Å². The molecule has 3 aromatic rings. The van der Waals surface area contributed by atoms with E-state index in [1.54, 1.807) is 11.3 Å². The molecule has 0 spiro atoms. The Labute approximate surface area is 177 Å². The second-order valence-electron chi connectivity index (χ2n) is 6.46. The molecule has 0 bridgehead atoms. The molecule has 11 heteroatoms. The van der Waals surface area contributed by atoms with Gasteiger partial charge in [-0.1, -0.05) is 23.4 Å². The molecule has 0 fully saturated rings. The smallest absolute Gasteiger partial charge is 0.309 e. The zero-order valence-corrected chi connectivity index (χ0v) is 17.2. The van der Waals surface area contributed by atoms with Gasteiger partial charge >= 0.3 is 6.18 Å². The fourth-order valence-electron chi connectivity index (χ4n) is 3.16. The Balaban J connectivity index is 1.47. The van der Waals surface area contributed by atoms with Crippen LogP contribution < -0.4 is 5.32 Å². The maximum Gasteiger partial charge on any atom is 0.417 e. The summed E-state index contributed by atoms with van der Waals surface area (Å²) in [5.41, 5.74) is 0.299. The Morgan fingerprint density at radius 3 is 2.79 bits per heavy atom. The lowest BCUT2D eigenvalue weighted by atomic mass is 9.97. The van der Waals surface area contributed by atoms with Crippen LogP contribution in [-0.4, -0.2) is 26.6 Å². The molecule has 1 aliphatic carbocycles. The van der Waals surface area contributed by atoms with Crippen LogP contribution in [0.5, 0.6) is 0 Å². The Morgan fingerprint density at radius 1 is 1.24 bits per heavy atom. The summed E-state index contributed by atoms with van der Waals surface area (Å²) in [7, 11) is 0. The summed E-state index contributed by atoms with van der Waals surface area (Å²) in [5.74, 6) is -0.513. The fourth-order valence-corrected chi connectivity index (χ4v) is 5.49. The van der Waals surface area contributed by atoms with Crippen molar-refractivity contribution in [2.75, 3.05) is 11.1 Å². The molecule has 0 aromatic carbocycles. The number of alkyl halides is 3. The first-order chi connectivity index (χ1) is 13.8. The van der Waals surface area contributed by atoms with E-state index in [0.29, 0.717) is 6.20 Å². The molecule has 1 amide bonds. The first-order valence-corrected chi connectivity index (χ1v) is 10.9. The molecule has 4 rings (SSSR count). The van der Waals surface area contributed by atoms with Crippen LogP contribution in [0.25, 0.3) is 10.2 Å². The molecule has 29 heavy (non-hydrogen) atoms. The van der Waals surface area contributed by atoms with Crippen molar-refractivity contribution in [1.82, 2.24) is 15.0 Å². The van der Waals surface area contributed by atoms with Crippen molar-refractivity contribution in [2.24, 2.45) is 0 Å². The highest BCUT2D eigenvalue weighted by atomic mass is 35.5. The van der Waals surface area contributed by atoms with Gasteiger partial charge in [0, 0.05) is 16.5 Å². The summed E-state index contributed by atoms with van der Waals surface area (Å²) in [6.45, 7) is 0. The summed E-state index contributed by atoms with van der Waals surface area (Å²) in [4.78, 5) is 26.9. The van der Waals surface area contributed by atoms with Gasteiger partial charge < -0.3 is 5.32 Å². The number of nitrogens with zero attached hydrogens (tertiary/aromatic N) is 3. The molecule has 0 saturated carbocycles. The van der Waals surface area contributed by atoms with E-state index < -0.39 is 17.6 Å². The highest BCUT2D eigenvalue weighted by Crippen LogP contribution is 2.39. The average Bonchev–Trinajstić information content (AvgIpc) is 3.06. The van der Waals surface area contributed by atoms with Crippen molar-refractivity contribution in [3.05, 3.63) is 39.6 Å². The number of thiophene rings is 1. The molecule has 0 radical (unpaired) electrons. The van der Waals surface area contributed by atoms with E-state index in [9.17, 15) is 18.0 Å². The van der Waals surface area contributed by atoms with Crippen LogP contribution in [0.1, 0.15) is 28.8 Å². The van der Waals surface area contributed by atoms with E-state index in [0.717, 1.165) is 40.6 Å². The molecule has 0 atom stereocenters. The molecule has 1 N–H and O–H groups in total. The van der Waals surface area contributed by atoms with Crippen molar-refractivity contribution in [1.29, 1.82) is 0 Å². The first kappa shape index (κ1) is 20.4. The molecule has 0 aliphatic heterocycles. The second kappa shape index (κ2) is 8.08. The zero-order valence-electron chi connectivity index (χ0n) is 14.8. The summed E-state index contributed by atoms with van der Waals surface area (Å²) in [6, 6.07) is 0.739. The number of carbonyl (C=O) groups is 1. The van der Waals surface area contributed by atoms with E-state index in [1.807, 2.05) is 0 Å². The zero-order chi connectivity index (χ0) is 20.6. The Kier molecular flexibility index (Phi) is 5.67. The minimum Gasteiger partial charge on any atom is -0.309 e. The minimum absolute atomic E-state index is 0.0236. The minimum atomic E-state index is -4.55. The highest BCUT2D eigenvalue weighted by molar-refractivity contribution is 8.00. The van der Waals surface area contributed by atoms with Gasteiger partial charge in [0.2, 0.25) is 5.91 Å². The molecule has 1 aliphatic rings. The topological polar surface area (TPSA) is 67.8 Å². The summed E-state index contributed by atoms with van der Waals surface area (Å²) in [5, 5.41) is 3.93. The number of pyridine rings is 1. The molecule has 3 heterocycles. The van der Waals surface area contributed by atoms with Gasteiger partial charge in [-0.15, -0.1) is 11.3 Å². The van der Waals surface area contributed by atoms with E-state index in [2.05, 4.69) is 20.3 Å². The van der Waals surface area contributed by atoms with Crippen LogP contribution >= 0.6 is 34.7 Å². The normalized spacial score (nSPS) is 14.1. The Morgan fingerprint density at radius 2 is 2.03 bits per heavy atom. The van der Waals surface area contributed by atoms with E-state index >= 15 is 0 Å². The third-order valence-electron chi connectivity index (χ3n) is 4.48. The van der Waals surface area contributed by atoms with Crippen molar-refractivity contribution in [3.8, 4) is 0 Å². The standard InChI is InChI=1S/C18H14ClF3N4OS2/c19-11-5-9(18(20,21)22)6-23-15(11)26-13(27)7-28-16-14-10-3-1-2-4-12(10)29-17(14)25-8-24-16/h5-6,8H,1-4,7H2,(H,23,26,27). The van der Waals surface area contributed by atoms with Crippen molar-refractivity contribution < 1.29 is 18.0 Å². The van der Waals surface area contributed by atoms with E-state index in [4.69, 9.17) is 11.6 Å². The predicted octanol–water partition coefficient (Wildman–Crippen LogP) is 5.37. The number of hydrogen-bond donors (Lipinski definition) is 1. The summed E-state index contributed by atoms with van der Waals surface area (Å²) in [6.07, 6.45) is 1.88. The third kappa shape index (κ3) is 4.34. The number of thioether (sulfide) groups is 1. The van der Waals surface area contributed by atoms with Gasteiger partial charge in [-0.3, -0.25) is 4.79 Å². The Bertz CT molecular complexity index is 1090. The molecular weight excluding hydrogens is 445 g/mol. The predicted molar refractivity (Wildman–Crippen MR) is 108 cm³/mol. The fraction of sp³-hybridized carbons (Fsp3) is 0.333. The summed E-state index contributed by atoms with van der Waals surface area (Å²) < 4.78 is 38.1. The molecule has 152 valence electrons. The number of anilines is 1. The summed E-state index contributed by atoms with van der Waals surface area (Å²) >= 11 is 8.77. The highest BCUT2D eigenvalue weighted by Gasteiger charge is 2.31. The Hall–Kier alpha value is -1.91. The SMILES string of the molecule is O=C(CSc1ncnc2sc3c(c12)CCCC3)Nc1ncc(C(F)(F)F)cc1Cl.